The number of ketones is 1. The maximum Gasteiger partial charge on any atom is 0.139 e. The zero-order valence-corrected chi connectivity index (χ0v) is 25.4. The van der Waals surface area contributed by atoms with E-state index in [0.717, 1.165) is 80.1 Å². The molecule has 7 nitrogen and oxygen atoms in total. The summed E-state index contributed by atoms with van der Waals surface area (Å²) in [7, 11) is -1.11. The van der Waals surface area contributed by atoms with E-state index in [2.05, 4.69) is 47.8 Å². The molecule has 0 saturated carbocycles. The van der Waals surface area contributed by atoms with E-state index in [9.17, 15) is 4.79 Å². The zero-order valence-electron chi connectivity index (χ0n) is 24.4. The Morgan fingerprint density at radius 2 is 1.80 bits per heavy atom. The van der Waals surface area contributed by atoms with Crippen molar-refractivity contribution >= 4 is 13.9 Å². The van der Waals surface area contributed by atoms with E-state index in [1.165, 1.54) is 5.56 Å². The number of carbonyl (C=O) groups excluding carboxylic acids is 1. The maximum atomic E-state index is 12.0. The van der Waals surface area contributed by atoms with Crippen molar-refractivity contribution in [1.29, 1.82) is 0 Å². The third-order valence-corrected chi connectivity index (χ3v) is 9.65. The molecule has 3 heterocycles. The van der Waals surface area contributed by atoms with Crippen LogP contribution in [0.4, 0.5) is 0 Å². The molecule has 8 heteroatoms. The minimum Gasteiger partial charge on any atom is -0.488 e. The number of piperidine rings is 1. The van der Waals surface area contributed by atoms with Crippen LogP contribution in [0.2, 0.25) is 25.7 Å². The molecule has 0 aliphatic carbocycles. The van der Waals surface area contributed by atoms with Crippen molar-refractivity contribution in [3.8, 4) is 28.5 Å². The van der Waals surface area contributed by atoms with Gasteiger partial charge in [-0.1, -0.05) is 32.6 Å². The molecule has 40 heavy (non-hydrogen) atoms. The predicted molar refractivity (Wildman–Crippen MR) is 161 cm³/mol. The molecule has 0 amide bonds. The second kappa shape index (κ2) is 12.7. The first-order valence-electron chi connectivity index (χ1n) is 14.7. The van der Waals surface area contributed by atoms with Gasteiger partial charge in [-0.15, -0.1) is 0 Å². The van der Waals surface area contributed by atoms with Crippen molar-refractivity contribution in [3.63, 3.8) is 0 Å². The van der Waals surface area contributed by atoms with E-state index < -0.39 is 8.07 Å². The van der Waals surface area contributed by atoms with Gasteiger partial charge in [0.05, 0.1) is 5.69 Å². The molecule has 0 N–H and O–H groups in total. The molecule has 2 aliphatic heterocycles. The Balaban J connectivity index is 1.12. The topological polar surface area (TPSA) is 65.8 Å². The van der Waals surface area contributed by atoms with Crippen LogP contribution in [-0.4, -0.2) is 60.9 Å². The third kappa shape index (κ3) is 7.41. The average Bonchev–Trinajstić information content (AvgIpc) is 3.57. The van der Waals surface area contributed by atoms with Gasteiger partial charge in [-0.05, 0) is 73.9 Å². The van der Waals surface area contributed by atoms with Crippen LogP contribution in [0.5, 0.6) is 17.2 Å². The molecular weight excluding hydrogens is 518 g/mol. The summed E-state index contributed by atoms with van der Waals surface area (Å²) in [5.41, 5.74) is 3.32. The number of carbonyl (C=O) groups is 1. The number of ether oxygens (including phenoxy) is 3. The Kier molecular flexibility index (Phi) is 9.08. The molecule has 5 rings (SSSR count). The standard InChI is InChI=1S/C32H43N3O4Si/c1-5-31(36)25-13-16-34(17-14-25)22-29-20-26-8-11-28(21-32(26)39-29)38-27-9-6-24(7-10-27)30-12-15-33-35(30)23-37-18-19-40(2,3)4/h6-12,15,21,25,29H,5,13-14,16-20,22-23H2,1-4H3. The van der Waals surface area contributed by atoms with Gasteiger partial charge in [-0.2, -0.15) is 5.10 Å². The minimum atomic E-state index is -1.11. The monoisotopic (exact) mass is 561 g/mol. The lowest BCUT2D eigenvalue weighted by Crippen LogP contribution is -2.41. The molecule has 2 aliphatic rings. The molecule has 1 saturated heterocycles. The molecular formula is C32H43N3O4Si. The van der Waals surface area contributed by atoms with Gasteiger partial charge in [0.1, 0.15) is 35.9 Å². The number of rotatable bonds is 12. The van der Waals surface area contributed by atoms with Gasteiger partial charge < -0.3 is 14.2 Å². The molecule has 1 atom stereocenters. The molecule has 0 radical (unpaired) electrons. The largest absolute Gasteiger partial charge is 0.488 e. The Hall–Kier alpha value is -2.94. The van der Waals surface area contributed by atoms with Gasteiger partial charge in [0.2, 0.25) is 0 Å². The van der Waals surface area contributed by atoms with Gasteiger partial charge in [0, 0.05) is 57.8 Å². The molecule has 1 unspecified atom stereocenters. The van der Waals surface area contributed by atoms with E-state index in [1.807, 2.05) is 48.1 Å². The van der Waals surface area contributed by atoms with Crippen LogP contribution in [0.15, 0.2) is 54.7 Å². The number of benzene rings is 2. The Labute approximate surface area is 239 Å². The van der Waals surface area contributed by atoms with E-state index in [4.69, 9.17) is 14.2 Å². The number of hydrogen-bond donors (Lipinski definition) is 0. The minimum absolute atomic E-state index is 0.146. The smallest absolute Gasteiger partial charge is 0.139 e. The van der Waals surface area contributed by atoms with Crippen LogP contribution < -0.4 is 9.47 Å². The van der Waals surface area contributed by atoms with Gasteiger partial charge in [-0.3, -0.25) is 9.69 Å². The highest BCUT2D eigenvalue weighted by Crippen LogP contribution is 2.35. The molecule has 2 aromatic carbocycles. The number of Topliss-reactive ketones (excluding diaryl/α,β-unsaturated/α-hetero) is 1. The van der Waals surface area contributed by atoms with Crippen molar-refractivity contribution in [2.24, 2.45) is 5.92 Å². The third-order valence-electron chi connectivity index (χ3n) is 7.95. The van der Waals surface area contributed by atoms with E-state index in [-0.39, 0.29) is 12.0 Å². The molecule has 1 fully saturated rings. The molecule has 3 aromatic rings. The fourth-order valence-electron chi connectivity index (χ4n) is 5.50. The number of nitrogens with zero attached hydrogens (tertiary/aromatic N) is 3. The fourth-order valence-corrected chi connectivity index (χ4v) is 6.26. The van der Waals surface area contributed by atoms with Crippen LogP contribution in [-0.2, 0) is 22.7 Å². The summed E-state index contributed by atoms with van der Waals surface area (Å²) >= 11 is 0. The summed E-state index contributed by atoms with van der Waals surface area (Å²) in [6.07, 6.45) is 5.46. The Morgan fingerprint density at radius 1 is 1.05 bits per heavy atom. The van der Waals surface area contributed by atoms with Crippen molar-refractivity contribution in [3.05, 3.63) is 60.3 Å². The predicted octanol–water partition coefficient (Wildman–Crippen LogP) is 6.65. The van der Waals surface area contributed by atoms with Gasteiger partial charge in [0.25, 0.3) is 0 Å². The van der Waals surface area contributed by atoms with Crippen molar-refractivity contribution in [2.45, 2.75) is 71.1 Å². The normalized spacial score (nSPS) is 17.9. The second-order valence-corrected chi connectivity index (χ2v) is 17.9. The fraction of sp³-hybridized carbons (Fsp3) is 0.500. The average molecular weight is 562 g/mol. The first kappa shape index (κ1) is 28.6. The first-order valence-corrected chi connectivity index (χ1v) is 18.4. The Bertz CT molecular complexity index is 1280. The lowest BCUT2D eigenvalue weighted by atomic mass is 9.91. The molecule has 0 bridgehead atoms. The number of likely N-dealkylation sites (tertiary alicyclic amines) is 1. The Morgan fingerprint density at radius 3 is 2.52 bits per heavy atom. The summed E-state index contributed by atoms with van der Waals surface area (Å²) in [5, 5.41) is 4.45. The highest BCUT2D eigenvalue weighted by atomic mass is 28.3. The van der Waals surface area contributed by atoms with Crippen LogP contribution in [0, 0.1) is 5.92 Å². The summed E-state index contributed by atoms with van der Waals surface area (Å²) in [6, 6.07) is 17.4. The van der Waals surface area contributed by atoms with E-state index in [0.29, 0.717) is 18.9 Å². The number of aromatic nitrogens is 2. The molecule has 214 valence electrons. The summed E-state index contributed by atoms with van der Waals surface area (Å²) < 4.78 is 20.3. The first-order chi connectivity index (χ1) is 19.3. The maximum absolute atomic E-state index is 12.0. The number of hydrogen-bond acceptors (Lipinski definition) is 6. The van der Waals surface area contributed by atoms with Crippen LogP contribution >= 0.6 is 0 Å². The van der Waals surface area contributed by atoms with Gasteiger partial charge in [-0.25, -0.2) is 4.68 Å². The van der Waals surface area contributed by atoms with Crippen molar-refractivity contribution < 1.29 is 19.0 Å². The van der Waals surface area contributed by atoms with Gasteiger partial charge >= 0.3 is 0 Å². The van der Waals surface area contributed by atoms with Crippen LogP contribution in [0.1, 0.15) is 31.7 Å². The van der Waals surface area contributed by atoms with Crippen LogP contribution in [0.3, 0.4) is 0 Å². The highest BCUT2D eigenvalue weighted by Gasteiger charge is 2.29. The number of fused-ring (bicyclic) bond motifs is 1. The second-order valence-electron chi connectivity index (χ2n) is 12.3. The molecule has 1 aromatic heterocycles. The van der Waals surface area contributed by atoms with Gasteiger partial charge in [0.15, 0.2) is 0 Å². The lowest BCUT2D eigenvalue weighted by molar-refractivity contribution is -0.124. The lowest BCUT2D eigenvalue weighted by Gasteiger charge is -2.32. The van der Waals surface area contributed by atoms with E-state index >= 15 is 0 Å². The summed E-state index contributed by atoms with van der Waals surface area (Å²) in [4.78, 5) is 14.5. The van der Waals surface area contributed by atoms with Crippen molar-refractivity contribution in [1.82, 2.24) is 14.7 Å². The quantitative estimate of drug-likeness (QED) is 0.182. The zero-order chi connectivity index (χ0) is 28.1. The highest BCUT2D eigenvalue weighted by molar-refractivity contribution is 6.76. The van der Waals surface area contributed by atoms with Crippen molar-refractivity contribution in [2.75, 3.05) is 26.2 Å². The summed E-state index contributed by atoms with van der Waals surface area (Å²) in [6.45, 7) is 13.1. The summed E-state index contributed by atoms with van der Waals surface area (Å²) in [5.74, 6) is 3.12. The van der Waals surface area contributed by atoms with Crippen LogP contribution in [0.25, 0.3) is 11.3 Å². The molecule has 0 spiro atoms. The van der Waals surface area contributed by atoms with E-state index in [1.54, 1.807) is 0 Å². The SMILES string of the molecule is CCC(=O)C1CCN(CC2Cc3ccc(Oc4ccc(-c5ccnn5COCC[Si](C)(C)C)cc4)cc3O2)CC1.